The maximum Gasteiger partial charge on any atom is 0.0619 e. The molecule has 8 aromatic carbocycles. The number of aromatic nitrogens is 1. The molecule has 0 aliphatic carbocycles. The summed E-state index contributed by atoms with van der Waals surface area (Å²) in [6, 6.07) is 57.9. The number of allylic oxidation sites excluding steroid dienone is 3. The second-order valence-electron chi connectivity index (χ2n) is 12.6. The van der Waals surface area contributed by atoms with Crippen LogP contribution in [-0.2, 0) is 0 Å². The first-order valence-electron chi connectivity index (χ1n) is 16.6. The molecule has 0 amide bonds. The first-order chi connectivity index (χ1) is 23.7. The standard InChI is InChI=1S/C47H33N/c1-3-31(4-2)37-22-25-42-40(29-37)24-27-44-43-26-23-39(30-46(43)48(47(42)44)45-15-9-13-35-11-7-8-14-41(35)45)34-18-16-33(17-19-34)38-21-20-32-10-5-6-12-36(32)28-38/h3-30H,1H2,2H3/b31-4+. The van der Waals surface area contributed by atoms with E-state index >= 15 is 0 Å². The van der Waals surface area contributed by atoms with E-state index in [1.54, 1.807) is 0 Å². The van der Waals surface area contributed by atoms with Gasteiger partial charge in [-0.05, 0) is 86.1 Å². The maximum absolute atomic E-state index is 4.04. The third-order valence-corrected chi connectivity index (χ3v) is 9.92. The van der Waals surface area contributed by atoms with E-state index in [9.17, 15) is 0 Å². The average Bonchev–Trinajstić information content (AvgIpc) is 3.48. The third kappa shape index (κ3) is 4.47. The highest BCUT2D eigenvalue weighted by atomic mass is 15.0. The van der Waals surface area contributed by atoms with Crippen LogP contribution in [0.3, 0.4) is 0 Å². The van der Waals surface area contributed by atoms with E-state index in [0.29, 0.717) is 0 Å². The second kappa shape index (κ2) is 11.3. The van der Waals surface area contributed by atoms with Gasteiger partial charge in [0.1, 0.15) is 0 Å². The lowest BCUT2D eigenvalue weighted by atomic mass is 9.97. The third-order valence-electron chi connectivity index (χ3n) is 9.92. The zero-order chi connectivity index (χ0) is 32.2. The number of fused-ring (bicyclic) bond motifs is 7. The predicted octanol–water partition coefficient (Wildman–Crippen LogP) is 13.2. The van der Waals surface area contributed by atoms with Gasteiger partial charge in [0.15, 0.2) is 0 Å². The maximum atomic E-state index is 4.04. The van der Waals surface area contributed by atoms with Gasteiger partial charge >= 0.3 is 0 Å². The van der Waals surface area contributed by atoms with Crippen LogP contribution in [0.15, 0.2) is 176 Å². The van der Waals surface area contributed by atoms with Gasteiger partial charge in [0.25, 0.3) is 0 Å². The van der Waals surface area contributed by atoms with Gasteiger partial charge in [-0.25, -0.2) is 0 Å². The molecule has 1 heterocycles. The summed E-state index contributed by atoms with van der Waals surface area (Å²) in [6.07, 6.45) is 4.05. The van der Waals surface area contributed by atoms with Crippen LogP contribution < -0.4 is 0 Å². The van der Waals surface area contributed by atoms with Gasteiger partial charge in [-0.1, -0.05) is 152 Å². The van der Waals surface area contributed by atoms with E-state index < -0.39 is 0 Å². The van der Waals surface area contributed by atoms with E-state index in [1.807, 2.05) is 6.08 Å². The van der Waals surface area contributed by atoms with Crippen LogP contribution in [-0.4, -0.2) is 4.57 Å². The fraction of sp³-hybridized carbons (Fsp3) is 0.0213. The van der Waals surface area contributed by atoms with Crippen LogP contribution in [0.2, 0.25) is 0 Å². The lowest BCUT2D eigenvalue weighted by molar-refractivity contribution is 1.20. The Hall–Kier alpha value is -6.18. The van der Waals surface area contributed by atoms with Crippen LogP contribution in [0, 0.1) is 0 Å². The largest absolute Gasteiger partial charge is 0.308 e. The van der Waals surface area contributed by atoms with Crippen molar-refractivity contribution in [3.8, 4) is 27.9 Å². The van der Waals surface area contributed by atoms with Crippen LogP contribution in [0.4, 0.5) is 0 Å². The first-order valence-corrected chi connectivity index (χ1v) is 16.6. The summed E-state index contributed by atoms with van der Waals surface area (Å²) in [5.74, 6) is 0. The number of benzene rings is 8. The fourth-order valence-corrected chi connectivity index (χ4v) is 7.48. The minimum atomic E-state index is 1.14. The Balaban J connectivity index is 1.26. The highest BCUT2D eigenvalue weighted by Crippen LogP contribution is 2.40. The van der Waals surface area contributed by atoms with Gasteiger partial charge in [-0.15, -0.1) is 0 Å². The quantitative estimate of drug-likeness (QED) is 0.171. The highest BCUT2D eigenvalue weighted by molar-refractivity contribution is 6.20. The summed E-state index contributed by atoms with van der Waals surface area (Å²) < 4.78 is 2.49. The van der Waals surface area contributed by atoms with Crippen LogP contribution in [0.25, 0.3) is 87.6 Å². The Morgan fingerprint density at radius 2 is 1.10 bits per heavy atom. The molecule has 0 atom stereocenters. The molecule has 48 heavy (non-hydrogen) atoms. The minimum absolute atomic E-state index is 1.14. The summed E-state index contributed by atoms with van der Waals surface area (Å²) in [4.78, 5) is 0. The predicted molar refractivity (Wildman–Crippen MR) is 208 cm³/mol. The van der Waals surface area contributed by atoms with Gasteiger partial charge in [0.2, 0.25) is 0 Å². The van der Waals surface area contributed by atoms with Crippen molar-refractivity contribution in [1.82, 2.24) is 4.57 Å². The minimum Gasteiger partial charge on any atom is -0.308 e. The molecule has 9 rings (SSSR count). The van der Waals surface area contributed by atoms with Gasteiger partial charge in [0.05, 0.1) is 16.7 Å². The molecule has 1 heteroatoms. The molecule has 0 fully saturated rings. The van der Waals surface area contributed by atoms with E-state index in [2.05, 4.69) is 182 Å². The smallest absolute Gasteiger partial charge is 0.0619 e. The normalized spacial score (nSPS) is 12.1. The first kappa shape index (κ1) is 28.1. The Morgan fingerprint density at radius 1 is 0.479 bits per heavy atom. The van der Waals surface area contributed by atoms with E-state index in [4.69, 9.17) is 0 Å². The molecule has 0 aliphatic heterocycles. The SMILES string of the molecule is C=C/C(=C\C)c1ccc2c(ccc3c4ccc(-c5ccc(-c6ccc7ccccc7c6)cc5)cc4n(-c4cccc5ccccc45)c23)c1. The summed E-state index contributed by atoms with van der Waals surface area (Å²) in [5, 5.41) is 9.96. The van der Waals surface area contributed by atoms with E-state index in [-0.39, 0.29) is 0 Å². The van der Waals surface area contributed by atoms with Crippen molar-refractivity contribution in [2.24, 2.45) is 0 Å². The van der Waals surface area contributed by atoms with E-state index in [1.165, 1.54) is 87.6 Å². The van der Waals surface area contributed by atoms with Crippen LogP contribution in [0.5, 0.6) is 0 Å². The van der Waals surface area contributed by atoms with Gasteiger partial charge in [-0.2, -0.15) is 0 Å². The van der Waals surface area contributed by atoms with Crippen molar-refractivity contribution in [1.29, 1.82) is 0 Å². The summed E-state index contributed by atoms with van der Waals surface area (Å²) in [5.41, 5.74) is 10.8. The molecule has 0 saturated carbocycles. The molecule has 0 N–H and O–H groups in total. The Bertz CT molecular complexity index is 2730. The molecule has 0 saturated heterocycles. The summed E-state index contributed by atoms with van der Waals surface area (Å²) in [7, 11) is 0. The molecular weight excluding hydrogens is 579 g/mol. The molecule has 0 spiro atoms. The number of hydrogen-bond acceptors (Lipinski definition) is 0. The molecule has 1 aromatic heterocycles. The molecular formula is C47H33N. The van der Waals surface area contributed by atoms with Crippen molar-refractivity contribution in [2.45, 2.75) is 6.92 Å². The number of hydrogen-bond donors (Lipinski definition) is 0. The molecule has 0 bridgehead atoms. The van der Waals surface area contributed by atoms with Gasteiger partial charge in [-0.3, -0.25) is 0 Å². The zero-order valence-electron chi connectivity index (χ0n) is 26.8. The molecule has 226 valence electrons. The molecule has 0 radical (unpaired) electrons. The fourth-order valence-electron chi connectivity index (χ4n) is 7.48. The molecule has 0 unspecified atom stereocenters. The monoisotopic (exact) mass is 611 g/mol. The average molecular weight is 612 g/mol. The summed E-state index contributed by atoms with van der Waals surface area (Å²) >= 11 is 0. The lowest BCUT2D eigenvalue weighted by Crippen LogP contribution is -1.96. The highest BCUT2D eigenvalue weighted by Gasteiger charge is 2.18. The Labute approximate surface area is 280 Å². The van der Waals surface area contributed by atoms with Crippen molar-refractivity contribution in [3.05, 3.63) is 182 Å². The molecule has 9 aromatic rings. The van der Waals surface area contributed by atoms with Crippen molar-refractivity contribution in [2.75, 3.05) is 0 Å². The number of rotatable bonds is 5. The Kier molecular flexibility index (Phi) is 6.59. The van der Waals surface area contributed by atoms with Crippen molar-refractivity contribution >= 4 is 59.7 Å². The summed E-state index contributed by atoms with van der Waals surface area (Å²) in [6.45, 7) is 6.11. The van der Waals surface area contributed by atoms with Crippen molar-refractivity contribution < 1.29 is 0 Å². The van der Waals surface area contributed by atoms with Crippen LogP contribution >= 0.6 is 0 Å². The molecule has 0 aliphatic rings. The number of nitrogens with zero attached hydrogens (tertiary/aromatic N) is 1. The van der Waals surface area contributed by atoms with Gasteiger partial charge < -0.3 is 4.57 Å². The molecule has 1 nitrogen and oxygen atoms in total. The van der Waals surface area contributed by atoms with Crippen molar-refractivity contribution in [3.63, 3.8) is 0 Å². The second-order valence-corrected chi connectivity index (χ2v) is 12.6. The van der Waals surface area contributed by atoms with Crippen LogP contribution in [0.1, 0.15) is 12.5 Å². The lowest BCUT2D eigenvalue weighted by Gasteiger charge is -2.14. The zero-order valence-corrected chi connectivity index (χ0v) is 26.8. The van der Waals surface area contributed by atoms with E-state index in [0.717, 1.165) is 5.57 Å². The topological polar surface area (TPSA) is 4.93 Å². The van der Waals surface area contributed by atoms with Gasteiger partial charge in [0, 0.05) is 21.5 Å². The Morgan fingerprint density at radius 3 is 1.90 bits per heavy atom.